The average molecular weight is 534 g/mol. The number of fused-ring (bicyclic) bond motifs is 1. The Morgan fingerprint density at radius 1 is 1.08 bits per heavy atom. The fraction of sp³-hybridized carbons (Fsp3) is 0.375. The number of thiazole rings is 1. The van der Waals surface area contributed by atoms with Gasteiger partial charge in [-0.05, 0) is 49.4 Å². The highest BCUT2D eigenvalue weighted by molar-refractivity contribution is 7.89. The Kier molecular flexibility index (Phi) is 8.32. The van der Waals surface area contributed by atoms with Crippen LogP contribution >= 0.6 is 11.3 Å². The van der Waals surface area contributed by atoms with E-state index in [1.54, 1.807) is 18.2 Å². The van der Waals surface area contributed by atoms with Gasteiger partial charge >= 0.3 is 5.97 Å². The molecule has 2 heterocycles. The predicted octanol–water partition coefficient (Wildman–Crippen LogP) is 2.29. The van der Waals surface area contributed by atoms with Crippen LogP contribution in [0.3, 0.4) is 0 Å². The number of sulfonamides is 1. The molecular weight excluding hydrogens is 506 g/mol. The molecule has 0 spiro atoms. The fourth-order valence-corrected chi connectivity index (χ4v) is 6.28. The van der Waals surface area contributed by atoms with Gasteiger partial charge in [0, 0.05) is 31.8 Å². The van der Waals surface area contributed by atoms with E-state index in [0.29, 0.717) is 56.4 Å². The molecule has 0 N–H and O–H groups in total. The first-order valence-electron chi connectivity index (χ1n) is 11.4. The van der Waals surface area contributed by atoms with Gasteiger partial charge in [-0.15, -0.1) is 0 Å². The number of methoxy groups -OCH3 is 1. The summed E-state index contributed by atoms with van der Waals surface area (Å²) in [5.74, 6) is -0.955. The molecule has 0 bridgehead atoms. The first kappa shape index (κ1) is 26.2. The van der Waals surface area contributed by atoms with Crippen LogP contribution in [0, 0.1) is 0 Å². The van der Waals surface area contributed by atoms with E-state index in [-0.39, 0.29) is 10.5 Å². The topological polar surface area (TPSA) is 117 Å². The fourth-order valence-electron chi connectivity index (χ4n) is 3.78. The highest BCUT2D eigenvalue weighted by Gasteiger charge is 2.26. The number of hydrogen-bond donors (Lipinski definition) is 0. The number of carbonyl (C=O) groups excluding carboxylic acids is 2. The summed E-state index contributed by atoms with van der Waals surface area (Å²) in [6.07, 6.45) is 0. The van der Waals surface area contributed by atoms with E-state index in [1.165, 1.54) is 47.0 Å². The third-order valence-corrected chi connectivity index (χ3v) is 8.63. The second-order valence-electron chi connectivity index (χ2n) is 7.87. The smallest absolute Gasteiger partial charge is 0.337 e. The number of morpholine rings is 1. The van der Waals surface area contributed by atoms with Gasteiger partial charge < -0.3 is 18.8 Å². The van der Waals surface area contributed by atoms with E-state index < -0.39 is 21.9 Å². The zero-order valence-corrected chi connectivity index (χ0v) is 21.6. The maximum Gasteiger partial charge on any atom is 0.337 e. The first-order valence-corrected chi connectivity index (χ1v) is 13.7. The van der Waals surface area contributed by atoms with Crippen molar-refractivity contribution in [1.82, 2.24) is 8.87 Å². The predicted molar refractivity (Wildman–Crippen MR) is 134 cm³/mol. The summed E-state index contributed by atoms with van der Waals surface area (Å²) in [4.78, 5) is 29.8. The molecule has 10 nitrogen and oxygen atoms in total. The monoisotopic (exact) mass is 533 g/mol. The minimum atomic E-state index is -3.66. The third-order valence-electron chi connectivity index (χ3n) is 5.67. The van der Waals surface area contributed by atoms with E-state index in [1.807, 2.05) is 11.5 Å². The number of rotatable bonds is 8. The molecule has 0 aliphatic carbocycles. The molecule has 1 aliphatic rings. The van der Waals surface area contributed by atoms with Gasteiger partial charge in [0.25, 0.3) is 5.91 Å². The molecule has 3 aromatic rings. The van der Waals surface area contributed by atoms with Crippen LogP contribution in [0.5, 0.6) is 0 Å². The van der Waals surface area contributed by atoms with Gasteiger partial charge in [-0.1, -0.05) is 11.3 Å². The number of amides is 1. The summed E-state index contributed by atoms with van der Waals surface area (Å²) >= 11 is 1.27. The first-order chi connectivity index (χ1) is 17.3. The summed E-state index contributed by atoms with van der Waals surface area (Å²) in [5, 5.41) is 0. The molecule has 0 radical (unpaired) electrons. The Balaban J connectivity index is 1.66. The summed E-state index contributed by atoms with van der Waals surface area (Å²) < 4.78 is 45.2. The van der Waals surface area contributed by atoms with Gasteiger partial charge in [-0.2, -0.15) is 9.30 Å². The van der Waals surface area contributed by atoms with Crippen molar-refractivity contribution in [2.24, 2.45) is 4.99 Å². The molecule has 1 saturated heterocycles. The van der Waals surface area contributed by atoms with Crippen LogP contribution in [0.25, 0.3) is 10.2 Å². The Labute approximate surface area is 212 Å². The van der Waals surface area contributed by atoms with E-state index >= 15 is 0 Å². The van der Waals surface area contributed by atoms with Crippen molar-refractivity contribution in [1.29, 1.82) is 0 Å². The maximum absolute atomic E-state index is 13.0. The van der Waals surface area contributed by atoms with Crippen molar-refractivity contribution in [2.45, 2.75) is 18.4 Å². The second kappa shape index (κ2) is 11.4. The Bertz CT molecular complexity index is 1420. The molecule has 192 valence electrons. The SMILES string of the molecule is CCOCCn1c(=NC(=O)c2ccc(S(=O)(=O)N3CCOCC3)cc2)sc2cc(C(=O)OC)ccc21. The number of ether oxygens (including phenoxy) is 3. The normalized spacial score (nSPS) is 15.3. The number of aromatic nitrogens is 1. The van der Waals surface area contributed by atoms with Crippen LogP contribution in [0.15, 0.2) is 52.4 Å². The van der Waals surface area contributed by atoms with E-state index in [4.69, 9.17) is 14.2 Å². The summed E-state index contributed by atoms with van der Waals surface area (Å²) in [5.41, 5.74) is 1.48. The number of nitrogens with zero attached hydrogens (tertiary/aromatic N) is 3. The average Bonchev–Trinajstić information content (AvgIpc) is 3.24. The van der Waals surface area contributed by atoms with Gasteiger partial charge in [0.15, 0.2) is 4.80 Å². The zero-order chi connectivity index (χ0) is 25.7. The molecule has 36 heavy (non-hydrogen) atoms. The maximum atomic E-state index is 13.0. The molecule has 4 rings (SSSR count). The largest absolute Gasteiger partial charge is 0.465 e. The van der Waals surface area contributed by atoms with E-state index in [2.05, 4.69) is 4.99 Å². The molecule has 0 saturated carbocycles. The Morgan fingerprint density at radius 3 is 2.44 bits per heavy atom. The van der Waals surface area contributed by atoms with Crippen LogP contribution in [0.4, 0.5) is 0 Å². The lowest BCUT2D eigenvalue weighted by atomic mass is 10.2. The lowest BCUT2D eigenvalue weighted by Crippen LogP contribution is -2.40. The quantitative estimate of drug-likeness (QED) is 0.322. The Morgan fingerprint density at radius 2 is 1.78 bits per heavy atom. The lowest BCUT2D eigenvalue weighted by Gasteiger charge is -2.26. The van der Waals surface area contributed by atoms with Gasteiger partial charge in [0.05, 0.1) is 47.6 Å². The van der Waals surface area contributed by atoms with Crippen molar-refractivity contribution in [2.75, 3.05) is 46.6 Å². The standard InChI is InChI=1S/C24H27N3O7S2/c1-3-33-15-12-27-20-9-6-18(23(29)32-2)16-21(20)35-24(27)25-22(28)17-4-7-19(8-5-17)36(30,31)26-10-13-34-14-11-26/h4-9,16H,3,10-15H2,1-2H3. The highest BCUT2D eigenvalue weighted by atomic mass is 32.2. The highest BCUT2D eigenvalue weighted by Crippen LogP contribution is 2.21. The lowest BCUT2D eigenvalue weighted by molar-refractivity contribution is 0.0600. The Hall–Kier alpha value is -2.90. The number of esters is 1. The molecule has 1 aliphatic heterocycles. The molecule has 2 aromatic carbocycles. The summed E-state index contributed by atoms with van der Waals surface area (Å²) in [6.45, 7) is 4.65. The zero-order valence-electron chi connectivity index (χ0n) is 20.0. The van der Waals surface area contributed by atoms with Crippen molar-refractivity contribution in [3.63, 3.8) is 0 Å². The molecule has 1 fully saturated rings. The number of hydrogen-bond acceptors (Lipinski definition) is 8. The number of carbonyl (C=O) groups is 2. The van der Waals surface area contributed by atoms with Crippen molar-refractivity contribution < 1.29 is 32.2 Å². The second-order valence-corrected chi connectivity index (χ2v) is 10.8. The minimum absolute atomic E-state index is 0.116. The van der Waals surface area contributed by atoms with Crippen LogP contribution in [0.2, 0.25) is 0 Å². The van der Waals surface area contributed by atoms with Gasteiger partial charge in [0.1, 0.15) is 0 Å². The summed E-state index contributed by atoms with van der Waals surface area (Å²) in [7, 11) is -2.34. The number of benzene rings is 2. The van der Waals surface area contributed by atoms with Gasteiger partial charge in [-0.25, -0.2) is 13.2 Å². The molecule has 1 amide bonds. The molecule has 1 aromatic heterocycles. The summed E-state index contributed by atoms with van der Waals surface area (Å²) in [6, 6.07) is 10.9. The van der Waals surface area contributed by atoms with Crippen LogP contribution in [-0.4, -0.2) is 75.8 Å². The third kappa shape index (κ3) is 5.57. The van der Waals surface area contributed by atoms with E-state index in [0.717, 1.165) is 10.2 Å². The van der Waals surface area contributed by atoms with Crippen LogP contribution < -0.4 is 4.80 Å². The van der Waals surface area contributed by atoms with Crippen molar-refractivity contribution in [3.05, 3.63) is 58.4 Å². The van der Waals surface area contributed by atoms with Crippen molar-refractivity contribution in [3.8, 4) is 0 Å². The molecule has 12 heteroatoms. The van der Waals surface area contributed by atoms with Crippen LogP contribution in [-0.2, 0) is 30.8 Å². The minimum Gasteiger partial charge on any atom is -0.465 e. The van der Waals surface area contributed by atoms with Gasteiger partial charge in [0.2, 0.25) is 10.0 Å². The molecular formula is C24H27N3O7S2. The molecule has 0 atom stereocenters. The van der Waals surface area contributed by atoms with Crippen LogP contribution in [0.1, 0.15) is 27.6 Å². The molecule has 0 unspecified atom stereocenters. The van der Waals surface area contributed by atoms with Gasteiger partial charge in [-0.3, -0.25) is 4.79 Å². The van der Waals surface area contributed by atoms with Crippen molar-refractivity contribution >= 4 is 43.5 Å². The van der Waals surface area contributed by atoms with E-state index in [9.17, 15) is 18.0 Å².